The van der Waals surface area contributed by atoms with Crippen LogP contribution in [-0.2, 0) is 0 Å². The van der Waals surface area contributed by atoms with Gasteiger partial charge in [0.05, 0.1) is 5.69 Å². The van der Waals surface area contributed by atoms with Gasteiger partial charge in [-0.25, -0.2) is 19.6 Å². The lowest BCUT2D eigenvalue weighted by atomic mass is 10.1. The number of hydrogen-bond donors (Lipinski definition) is 0. The molecular formula is C15H12N6S. The SMILES string of the molecule is Cc1nc2nccnc2cc1-c1cn(-c2nccs2)nc1C. The molecule has 0 amide bonds. The van der Waals surface area contributed by atoms with Gasteiger partial charge in [-0.1, -0.05) is 0 Å². The van der Waals surface area contributed by atoms with E-state index in [9.17, 15) is 0 Å². The van der Waals surface area contributed by atoms with E-state index in [0.29, 0.717) is 5.65 Å². The number of aromatic nitrogens is 6. The van der Waals surface area contributed by atoms with E-state index in [-0.39, 0.29) is 0 Å². The van der Waals surface area contributed by atoms with Crippen LogP contribution in [0.2, 0.25) is 0 Å². The first kappa shape index (κ1) is 13.0. The third kappa shape index (κ3) is 2.06. The van der Waals surface area contributed by atoms with Gasteiger partial charge in [0.25, 0.3) is 0 Å². The standard InChI is InChI=1S/C15H12N6S/c1-9-11(7-13-14(19-9)17-4-3-16-13)12-8-21(20-10(12)2)15-18-5-6-22-15/h3-8H,1-2H3. The Hall–Kier alpha value is -2.67. The van der Waals surface area contributed by atoms with Gasteiger partial charge in [-0.15, -0.1) is 11.3 Å². The predicted molar refractivity (Wildman–Crippen MR) is 85.0 cm³/mol. The molecule has 4 aromatic heterocycles. The number of nitrogens with zero attached hydrogens (tertiary/aromatic N) is 6. The first-order valence-corrected chi connectivity index (χ1v) is 7.65. The van der Waals surface area contributed by atoms with Crippen molar-refractivity contribution in [1.29, 1.82) is 0 Å². The summed E-state index contributed by atoms with van der Waals surface area (Å²) in [4.78, 5) is 17.4. The van der Waals surface area contributed by atoms with Crippen LogP contribution in [0.15, 0.2) is 36.2 Å². The molecule has 0 N–H and O–H groups in total. The lowest BCUT2D eigenvalue weighted by molar-refractivity contribution is 0.853. The van der Waals surface area contributed by atoms with E-state index in [0.717, 1.165) is 33.2 Å². The molecule has 0 radical (unpaired) electrons. The summed E-state index contributed by atoms with van der Waals surface area (Å²) in [5.41, 5.74) is 5.34. The number of aryl methyl sites for hydroxylation is 2. The Bertz CT molecular complexity index is 958. The fraction of sp³-hybridized carbons (Fsp3) is 0.133. The van der Waals surface area contributed by atoms with Crippen molar-refractivity contribution in [2.24, 2.45) is 0 Å². The lowest BCUT2D eigenvalue weighted by Gasteiger charge is -2.05. The minimum Gasteiger partial charge on any atom is -0.251 e. The highest BCUT2D eigenvalue weighted by Crippen LogP contribution is 2.28. The van der Waals surface area contributed by atoms with Crippen molar-refractivity contribution >= 4 is 22.5 Å². The van der Waals surface area contributed by atoms with Crippen LogP contribution in [0.3, 0.4) is 0 Å². The second-order valence-corrected chi connectivity index (χ2v) is 5.78. The van der Waals surface area contributed by atoms with Crippen LogP contribution in [0.5, 0.6) is 0 Å². The van der Waals surface area contributed by atoms with Crippen molar-refractivity contribution in [2.75, 3.05) is 0 Å². The number of hydrogen-bond acceptors (Lipinski definition) is 6. The number of thiazole rings is 1. The van der Waals surface area contributed by atoms with Crippen LogP contribution in [0.4, 0.5) is 0 Å². The molecule has 0 fully saturated rings. The first-order chi connectivity index (χ1) is 10.7. The highest BCUT2D eigenvalue weighted by molar-refractivity contribution is 7.12. The zero-order chi connectivity index (χ0) is 15.1. The number of fused-ring (bicyclic) bond motifs is 1. The monoisotopic (exact) mass is 308 g/mol. The fourth-order valence-corrected chi connectivity index (χ4v) is 2.98. The zero-order valence-electron chi connectivity index (χ0n) is 12.1. The van der Waals surface area contributed by atoms with Gasteiger partial charge >= 0.3 is 0 Å². The van der Waals surface area contributed by atoms with Gasteiger partial charge in [-0.2, -0.15) is 5.10 Å². The van der Waals surface area contributed by atoms with E-state index < -0.39 is 0 Å². The zero-order valence-corrected chi connectivity index (χ0v) is 12.9. The quantitative estimate of drug-likeness (QED) is 0.569. The van der Waals surface area contributed by atoms with Gasteiger partial charge < -0.3 is 0 Å². The molecule has 6 nitrogen and oxygen atoms in total. The molecule has 108 valence electrons. The molecule has 0 saturated carbocycles. The Morgan fingerprint density at radius 2 is 1.82 bits per heavy atom. The Morgan fingerprint density at radius 1 is 0.955 bits per heavy atom. The molecule has 0 spiro atoms. The summed E-state index contributed by atoms with van der Waals surface area (Å²) in [5.74, 6) is 0. The molecule has 0 atom stereocenters. The van der Waals surface area contributed by atoms with Gasteiger partial charge in [0.15, 0.2) is 5.65 Å². The van der Waals surface area contributed by atoms with E-state index in [1.54, 1.807) is 34.6 Å². The summed E-state index contributed by atoms with van der Waals surface area (Å²) in [5, 5.41) is 7.33. The van der Waals surface area contributed by atoms with Crippen LogP contribution in [-0.4, -0.2) is 29.7 Å². The molecule has 0 aliphatic heterocycles. The molecule has 4 aromatic rings. The molecule has 4 heterocycles. The molecule has 0 saturated heterocycles. The lowest BCUT2D eigenvalue weighted by Crippen LogP contribution is -1.93. The van der Waals surface area contributed by atoms with Crippen LogP contribution in [0.1, 0.15) is 11.4 Å². The normalized spacial score (nSPS) is 11.2. The second-order valence-electron chi connectivity index (χ2n) is 4.91. The first-order valence-electron chi connectivity index (χ1n) is 6.77. The molecule has 0 aliphatic rings. The molecular weight excluding hydrogens is 296 g/mol. The predicted octanol–water partition coefficient (Wildman–Crippen LogP) is 2.95. The summed E-state index contributed by atoms with van der Waals surface area (Å²) < 4.78 is 1.80. The summed E-state index contributed by atoms with van der Waals surface area (Å²) >= 11 is 1.55. The third-order valence-corrected chi connectivity index (χ3v) is 4.22. The van der Waals surface area contributed by atoms with Gasteiger partial charge in [-0.05, 0) is 19.9 Å². The van der Waals surface area contributed by atoms with Crippen LogP contribution >= 0.6 is 11.3 Å². The molecule has 0 unspecified atom stereocenters. The smallest absolute Gasteiger partial charge is 0.210 e. The Kier molecular flexibility index (Phi) is 2.93. The maximum absolute atomic E-state index is 4.55. The third-order valence-electron chi connectivity index (χ3n) is 3.46. The summed E-state index contributed by atoms with van der Waals surface area (Å²) in [6, 6.07) is 2.01. The highest BCUT2D eigenvalue weighted by atomic mass is 32.1. The average molecular weight is 308 g/mol. The van der Waals surface area contributed by atoms with Crippen LogP contribution in [0, 0.1) is 13.8 Å². The Morgan fingerprint density at radius 3 is 2.64 bits per heavy atom. The maximum Gasteiger partial charge on any atom is 0.210 e. The van der Waals surface area contributed by atoms with Crippen molar-refractivity contribution < 1.29 is 0 Å². The van der Waals surface area contributed by atoms with E-state index in [4.69, 9.17) is 0 Å². The average Bonchev–Trinajstić information content (AvgIpc) is 3.16. The van der Waals surface area contributed by atoms with Crippen molar-refractivity contribution in [2.45, 2.75) is 13.8 Å². The van der Waals surface area contributed by atoms with E-state index in [1.165, 1.54) is 0 Å². The summed E-state index contributed by atoms with van der Waals surface area (Å²) in [6.45, 7) is 3.96. The molecule has 7 heteroatoms. The number of rotatable bonds is 2. The van der Waals surface area contributed by atoms with Crippen LogP contribution in [0.25, 0.3) is 27.4 Å². The number of pyridine rings is 1. The Balaban J connectivity index is 1.90. The molecule has 22 heavy (non-hydrogen) atoms. The minimum absolute atomic E-state index is 0.661. The molecule has 4 rings (SSSR count). The van der Waals surface area contributed by atoms with E-state index in [1.807, 2.05) is 31.5 Å². The van der Waals surface area contributed by atoms with Gasteiger partial charge in [-0.3, -0.25) is 4.98 Å². The van der Waals surface area contributed by atoms with Crippen molar-refractivity contribution in [3.05, 3.63) is 47.6 Å². The maximum atomic E-state index is 4.55. The largest absolute Gasteiger partial charge is 0.251 e. The topological polar surface area (TPSA) is 69.4 Å². The Labute approximate surface area is 130 Å². The van der Waals surface area contributed by atoms with Gasteiger partial charge in [0.2, 0.25) is 5.13 Å². The highest BCUT2D eigenvalue weighted by Gasteiger charge is 2.14. The van der Waals surface area contributed by atoms with Crippen molar-refractivity contribution in [3.63, 3.8) is 0 Å². The van der Waals surface area contributed by atoms with Crippen molar-refractivity contribution in [3.8, 4) is 16.3 Å². The molecule has 0 aliphatic carbocycles. The van der Waals surface area contributed by atoms with E-state index >= 15 is 0 Å². The van der Waals surface area contributed by atoms with Gasteiger partial charge in [0, 0.05) is 47.0 Å². The van der Waals surface area contributed by atoms with E-state index in [2.05, 4.69) is 25.0 Å². The molecule has 0 aromatic carbocycles. The minimum atomic E-state index is 0.661. The fourth-order valence-electron chi connectivity index (χ4n) is 2.41. The second kappa shape index (κ2) is 4.96. The van der Waals surface area contributed by atoms with Crippen LogP contribution < -0.4 is 0 Å². The summed E-state index contributed by atoms with van der Waals surface area (Å²) in [6.07, 6.45) is 7.09. The van der Waals surface area contributed by atoms with Gasteiger partial charge in [0.1, 0.15) is 5.52 Å². The van der Waals surface area contributed by atoms with Crippen molar-refractivity contribution in [1.82, 2.24) is 29.7 Å². The molecule has 0 bridgehead atoms. The summed E-state index contributed by atoms with van der Waals surface area (Å²) in [7, 11) is 0.